The van der Waals surface area contributed by atoms with E-state index >= 15 is 0 Å². The van der Waals surface area contributed by atoms with Crippen LogP contribution < -0.4 is 0 Å². The third-order valence-corrected chi connectivity index (χ3v) is 10.3. The molecule has 9 rings (SSSR count). The van der Waals surface area contributed by atoms with Crippen LogP contribution in [0, 0.1) is 27.3 Å². The van der Waals surface area contributed by atoms with Crippen LogP contribution in [0.1, 0.15) is 22.3 Å². The van der Waals surface area contributed by atoms with E-state index in [0.717, 1.165) is 71.7 Å². The maximum absolute atomic E-state index is 14.1. The average molecular weight is 696 g/mol. The van der Waals surface area contributed by atoms with Gasteiger partial charge in [-0.25, -0.2) is 4.85 Å². The Bertz CT molecular complexity index is 2990. The van der Waals surface area contributed by atoms with Crippen molar-refractivity contribution in [3.8, 4) is 33.6 Å². The predicted octanol–water partition coefficient (Wildman–Crippen LogP) is 13.7. The van der Waals surface area contributed by atoms with Gasteiger partial charge in [-0.2, -0.15) is 13.2 Å². The van der Waals surface area contributed by atoms with E-state index in [1.54, 1.807) is 13.0 Å². The van der Waals surface area contributed by atoms with E-state index in [4.69, 9.17) is 6.57 Å². The van der Waals surface area contributed by atoms with Crippen LogP contribution in [-0.2, 0) is 6.18 Å². The molecule has 7 aromatic carbocycles. The maximum Gasteiger partial charge on any atom is 0.416 e. The molecule has 0 atom stereocenters. The summed E-state index contributed by atoms with van der Waals surface area (Å²) in [5.41, 5.74) is 10.7. The summed E-state index contributed by atoms with van der Waals surface area (Å²) in [7, 11) is 0. The number of hydrogen-bond acceptors (Lipinski definition) is 0. The lowest BCUT2D eigenvalue weighted by Gasteiger charge is -2.21. The van der Waals surface area contributed by atoms with Crippen LogP contribution in [-0.4, -0.2) is 9.13 Å². The van der Waals surface area contributed by atoms with Crippen LogP contribution in [0.4, 0.5) is 18.9 Å². The molecule has 53 heavy (non-hydrogen) atoms. The van der Waals surface area contributed by atoms with Gasteiger partial charge in [-0.1, -0.05) is 83.9 Å². The van der Waals surface area contributed by atoms with Gasteiger partial charge < -0.3 is 9.13 Å². The highest BCUT2D eigenvalue weighted by Gasteiger charge is 2.31. The van der Waals surface area contributed by atoms with Gasteiger partial charge in [0.15, 0.2) is 5.69 Å². The van der Waals surface area contributed by atoms with Gasteiger partial charge >= 0.3 is 6.18 Å². The monoisotopic (exact) mass is 695 g/mol. The number of halogens is 3. The van der Waals surface area contributed by atoms with Gasteiger partial charge in [0.1, 0.15) is 0 Å². The number of nitrogens with zero attached hydrogens (tertiary/aromatic N) is 3. The zero-order valence-corrected chi connectivity index (χ0v) is 29.3. The van der Waals surface area contributed by atoms with Gasteiger partial charge in [0.05, 0.1) is 39.9 Å². The van der Waals surface area contributed by atoms with Gasteiger partial charge in [-0.3, -0.25) is 0 Å². The van der Waals surface area contributed by atoms with Gasteiger partial charge in [-0.15, -0.1) is 0 Å². The highest BCUT2D eigenvalue weighted by Crippen LogP contribution is 2.46. The third kappa shape index (κ3) is 5.19. The van der Waals surface area contributed by atoms with Crippen molar-refractivity contribution in [3.63, 3.8) is 0 Å². The third-order valence-electron chi connectivity index (χ3n) is 10.3. The minimum Gasteiger partial charge on any atom is -0.310 e. The number of aryl methyl sites for hydroxylation is 3. The summed E-state index contributed by atoms with van der Waals surface area (Å²) < 4.78 is 46.8. The van der Waals surface area contributed by atoms with Crippen LogP contribution >= 0.6 is 0 Å². The molecule has 2 aromatic heterocycles. The summed E-state index contributed by atoms with van der Waals surface area (Å²) >= 11 is 0. The Balaban J connectivity index is 1.43. The van der Waals surface area contributed by atoms with Gasteiger partial charge in [0.2, 0.25) is 0 Å². The van der Waals surface area contributed by atoms with Crippen LogP contribution in [0.2, 0.25) is 0 Å². The van der Waals surface area contributed by atoms with Crippen molar-refractivity contribution in [2.75, 3.05) is 0 Å². The fourth-order valence-corrected chi connectivity index (χ4v) is 8.00. The molecular formula is C47H32F3N3. The van der Waals surface area contributed by atoms with Crippen molar-refractivity contribution in [1.82, 2.24) is 9.13 Å². The Morgan fingerprint density at radius 1 is 0.491 bits per heavy atom. The molecule has 0 radical (unpaired) electrons. The quantitative estimate of drug-likeness (QED) is 0.163. The maximum atomic E-state index is 14.1. The van der Waals surface area contributed by atoms with Crippen molar-refractivity contribution in [2.45, 2.75) is 26.9 Å². The average Bonchev–Trinajstić information content (AvgIpc) is 3.65. The molecule has 0 bridgehead atoms. The number of aromatic nitrogens is 2. The van der Waals surface area contributed by atoms with Crippen molar-refractivity contribution in [2.24, 2.45) is 0 Å². The second-order valence-electron chi connectivity index (χ2n) is 13.8. The molecule has 0 saturated carbocycles. The van der Waals surface area contributed by atoms with Crippen molar-refractivity contribution in [3.05, 3.63) is 173 Å². The largest absolute Gasteiger partial charge is 0.416 e. The molecule has 6 heteroatoms. The summed E-state index contributed by atoms with van der Waals surface area (Å²) in [6, 6.07) is 45.1. The number of fused-ring (bicyclic) bond motifs is 6. The fraction of sp³-hybridized carbons (Fsp3) is 0.0851. The van der Waals surface area contributed by atoms with E-state index in [1.165, 1.54) is 12.1 Å². The normalized spacial score (nSPS) is 11.9. The van der Waals surface area contributed by atoms with Crippen molar-refractivity contribution in [1.29, 1.82) is 0 Å². The smallest absolute Gasteiger partial charge is 0.310 e. The lowest BCUT2D eigenvalue weighted by molar-refractivity contribution is -0.137. The second kappa shape index (κ2) is 12.0. The van der Waals surface area contributed by atoms with Crippen LogP contribution in [0.15, 0.2) is 140 Å². The van der Waals surface area contributed by atoms with E-state index in [2.05, 4.69) is 88.5 Å². The molecule has 0 amide bonds. The minimum atomic E-state index is -4.50. The topological polar surface area (TPSA) is 14.2 Å². The first kappa shape index (κ1) is 32.3. The Hall–Kier alpha value is -6.58. The number of hydrogen-bond donors (Lipinski definition) is 0. The Morgan fingerprint density at radius 2 is 1.08 bits per heavy atom. The number of benzene rings is 7. The highest BCUT2D eigenvalue weighted by atomic mass is 19.4. The molecule has 0 unspecified atom stereocenters. The zero-order chi connectivity index (χ0) is 36.6. The van der Waals surface area contributed by atoms with E-state index < -0.39 is 11.7 Å². The Morgan fingerprint density at radius 3 is 1.68 bits per heavy atom. The lowest BCUT2D eigenvalue weighted by atomic mass is 9.93. The van der Waals surface area contributed by atoms with Gasteiger partial charge in [0, 0.05) is 32.8 Å². The fourth-order valence-electron chi connectivity index (χ4n) is 8.00. The lowest BCUT2D eigenvalue weighted by Crippen LogP contribution is -2.05. The first-order valence-electron chi connectivity index (χ1n) is 17.5. The summed E-state index contributed by atoms with van der Waals surface area (Å²) in [4.78, 5) is 4.09. The molecule has 0 aliphatic carbocycles. The Kier molecular flexibility index (Phi) is 7.32. The molecule has 0 spiro atoms. The molecule has 256 valence electrons. The molecule has 0 fully saturated rings. The van der Waals surface area contributed by atoms with Crippen molar-refractivity contribution < 1.29 is 13.2 Å². The van der Waals surface area contributed by atoms with E-state index in [1.807, 2.05) is 60.7 Å². The number of alkyl halides is 3. The predicted molar refractivity (Wildman–Crippen MR) is 211 cm³/mol. The molecule has 0 aliphatic rings. The number of rotatable bonds is 4. The van der Waals surface area contributed by atoms with E-state index in [0.29, 0.717) is 27.9 Å². The summed E-state index contributed by atoms with van der Waals surface area (Å²) in [5.74, 6) is 0. The SMILES string of the molecule is [C-]#[N+]c1cccc(-n2c3ccccc3c3cc(C)ccc32)c1-c1cc(-c2cc(C)cc(C(F)(F)F)c2)ccc1-n1c2ccccc2c2cc(C)ccc21. The molecular weight excluding hydrogens is 664 g/mol. The molecule has 0 aliphatic heterocycles. The second-order valence-corrected chi connectivity index (χ2v) is 13.8. The molecule has 3 nitrogen and oxygen atoms in total. The summed E-state index contributed by atoms with van der Waals surface area (Å²) in [5, 5.41) is 4.38. The van der Waals surface area contributed by atoms with E-state index in [-0.39, 0.29) is 0 Å². The molecule has 0 N–H and O–H groups in total. The number of para-hydroxylation sites is 2. The van der Waals surface area contributed by atoms with Crippen LogP contribution in [0.3, 0.4) is 0 Å². The molecule has 0 saturated heterocycles. The minimum absolute atomic E-state index is 0.441. The summed E-state index contributed by atoms with van der Waals surface area (Å²) in [6.07, 6.45) is -4.50. The standard InChI is InChI=1S/C47H32F3N3/c1-28-16-19-42-36(24-28)34-10-5-7-13-40(34)52(42)44-21-18-31(32-22-30(3)23-33(26-32)47(48,49)50)27-38(44)46-39(51-4)12-9-15-45(46)53-41-14-8-6-11-35(41)37-25-29(2)17-20-43(37)53/h5-27H,1-3H3. The Labute approximate surface area is 304 Å². The van der Waals surface area contributed by atoms with Crippen molar-refractivity contribution >= 4 is 49.3 Å². The molecule has 2 heterocycles. The van der Waals surface area contributed by atoms with E-state index in [9.17, 15) is 13.2 Å². The van der Waals surface area contributed by atoms with Crippen LogP contribution in [0.5, 0.6) is 0 Å². The summed E-state index contributed by atoms with van der Waals surface area (Å²) in [6.45, 7) is 14.3. The highest BCUT2D eigenvalue weighted by molar-refractivity contribution is 6.12. The van der Waals surface area contributed by atoms with Gasteiger partial charge in [0.25, 0.3) is 0 Å². The first-order chi connectivity index (χ1) is 25.6. The first-order valence-corrected chi connectivity index (χ1v) is 17.5. The molecule has 9 aromatic rings. The van der Waals surface area contributed by atoms with Crippen LogP contribution in [0.25, 0.3) is 82.1 Å². The van der Waals surface area contributed by atoms with Gasteiger partial charge in [-0.05, 0) is 110 Å². The zero-order valence-electron chi connectivity index (χ0n) is 29.3.